The van der Waals surface area contributed by atoms with Crippen LogP contribution in [0.15, 0.2) is 29.7 Å². The molecule has 10 heteroatoms. The largest absolute Gasteiger partial charge is 0.478 e. The maximum atomic E-state index is 12.0. The topological polar surface area (TPSA) is 112 Å². The zero-order valence-corrected chi connectivity index (χ0v) is 11.9. The molecule has 0 bridgehead atoms. The van der Waals surface area contributed by atoms with Crippen LogP contribution < -0.4 is 4.72 Å². The number of aromatic carboxylic acids is 1. The highest BCUT2D eigenvalue weighted by Crippen LogP contribution is 2.33. The molecule has 20 heavy (non-hydrogen) atoms. The molecule has 0 unspecified atom stereocenters. The van der Waals surface area contributed by atoms with Crippen LogP contribution in [0.5, 0.6) is 0 Å². The summed E-state index contributed by atoms with van der Waals surface area (Å²) in [7, 11) is -4.04. The van der Waals surface area contributed by atoms with Crippen LogP contribution in [-0.2, 0) is 10.0 Å². The maximum absolute atomic E-state index is 12.0. The van der Waals surface area contributed by atoms with Gasteiger partial charge in [-0.25, -0.2) is 9.78 Å². The van der Waals surface area contributed by atoms with Gasteiger partial charge in [0.05, 0.1) is 28.3 Å². The summed E-state index contributed by atoms with van der Waals surface area (Å²) >= 11 is 11.6. The van der Waals surface area contributed by atoms with Crippen LogP contribution in [0.3, 0.4) is 0 Å². The van der Waals surface area contributed by atoms with Crippen LogP contribution in [0.25, 0.3) is 0 Å². The number of hydrogen-bond donors (Lipinski definition) is 3. The van der Waals surface area contributed by atoms with Gasteiger partial charge >= 0.3 is 5.97 Å². The molecule has 7 nitrogen and oxygen atoms in total. The minimum absolute atomic E-state index is 0.0881. The van der Waals surface area contributed by atoms with Crippen LogP contribution in [0.1, 0.15) is 10.4 Å². The van der Waals surface area contributed by atoms with E-state index in [0.717, 1.165) is 6.20 Å². The standard InChI is InChI=1S/C10H7Cl2N3O4S/c11-5-1-2-6(12)9(8(5)10(16)17)15-20(18,19)7-3-13-4-14-7/h1-4,15H,(H,13,14)(H,16,17). The monoisotopic (exact) mass is 335 g/mol. The Bertz CT molecular complexity index is 759. The van der Waals surface area contributed by atoms with Gasteiger partial charge in [0.1, 0.15) is 5.56 Å². The highest BCUT2D eigenvalue weighted by atomic mass is 35.5. The van der Waals surface area contributed by atoms with Crippen LogP contribution in [0.4, 0.5) is 5.69 Å². The summed E-state index contributed by atoms with van der Waals surface area (Å²) in [6.07, 6.45) is 2.24. The average molecular weight is 336 g/mol. The van der Waals surface area contributed by atoms with Crippen molar-refractivity contribution in [2.45, 2.75) is 5.03 Å². The number of benzene rings is 1. The second kappa shape index (κ2) is 5.31. The third-order valence-corrected chi connectivity index (χ3v) is 4.22. The lowest BCUT2D eigenvalue weighted by atomic mass is 10.2. The SMILES string of the molecule is O=C(O)c1c(Cl)ccc(Cl)c1NS(=O)(=O)c1cnc[nH]1. The van der Waals surface area contributed by atoms with Gasteiger partial charge in [-0.15, -0.1) is 0 Å². The van der Waals surface area contributed by atoms with Crippen molar-refractivity contribution in [3.05, 3.63) is 40.3 Å². The minimum atomic E-state index is -4.04. The molecule has 0 amide bonds. The molecule has 0 aliphatic rings. The van der Waals surface area contributed by atoms with E-state index >= 15 is 0 Å². The molecule has 1 aromatic heterocycles. The Hall–Kier alpha value is -1.77. The summed E-state index contributed by atoms with van der Waals surface area (Å²) in [6.45, 7) is 0. The predicted molar refractivity (Wildman–Crippen MR) is 72.8 cm³/mol. The summed E-state index contributed by atoms with van der Waals surface area (Å²) in [6, 6.07) is 2.56. The number of imidazole rings is 1. The van der Waals surface area contributed by atoms with Crippen LogP contribution >= 0.6 is 23.2 Å². The number of halogens is 2. The van der Waals surface area contributed by atoms with Gasteiger partial charge in [-0.2, -0.15) is 8.42 Å². The smallest absolute Gasteiger partial charge is 0.339 e. The Kier molecular flexibility index (Phi) is 3.89. The van der Waals surface area contributed by atoms with Crippen molar-refractivity contribution in [1.29, 1.82) is 0 Å². The van der Waals surface area contributed by atoms with Crippen LogP contribution in [-0.4, -0.2) is 29.5 Å². The molecule has 106 valence electrons. The van der Waals surface area contributed by atoms with E-state index in [0.29, 0.717) is 0 Å². The van der Waals surface area contributed by atoms with Crippen LogP contribution in [0.2, 0.25) is 10.0 Å². The van der Waals surface area contributed by atoms with E-state index in [-0.39, 0.29) is 20.8 Å². The number of carbonyl (C=O) groups is 1. The van der Waals surface area contributed by atoms with E-state index in [1.54, 1.807) is 0 Å². The van der Waals surface area contributed by atoms with Gasteiger partial charge < -0.3 is 10.1 Å². The highest BCUT2D eigenvalue weighted by Gasteiger charge is 2.24. The van der Waals surface area contributed by atoms with Crippen LogP contribution in [0, 0.1) is 0 Å². The fourth-order valence-corrected chi connectivity index (χ4v) is 2.94. The number of hydrogen-bond acceptors (Lipinski definition) is 4. The molecule has 0 atom stereocenters. The minimum Gasteiger partial charge on any atom is -0.478 e. The van der Waals surface area contributed by atoms with E-state index in [1.807, 2.05) is 0 Å². The average Bonchev–Trinajstić information content (AvgIpc) is 2.87. The Morgan fingerprint density at radius 2 is 1.95 bits per heavy atom. The molecule has 0 aliphatic heterocycles. The fraction of sp³-hybridized carbons (Fsp3) is 0. The Balaban J connectivity index is 2.55. The van der Waals surface area contributed by atoms with Crippen molar-refractivity contribution < 1.29 is 18.3 Å². The molecular formula is C10H7Cl2N3O4S. The first-order valence-corrected chi connectivity index (χ1v) is 7.29. The van der Waals surface area contributed by atoms with Gasteiger partial charge in [0.25, 0.3) is 10.0 Å². The molecule has 1 heterocycles. The first kappa shape index (κ1) is 14.6. The number of rotatable bonds is 4. The molecule has 0 saturated heterocycles. The lowest BCUT2D eigenvalue weighted by molar-refractivity contribution is 0.0698. The first-order chi connectivity index (χ1) is 9.33. The summed E-state index contributed by atoms with van der Waals surface area (Å²) in [5, 5.41) is 8.65. The highest BCUT2D eigenvalue weighted by molar-refractivity contribution is 7.92. The Morgan fingerprint density at radius 1 is 1.30 bits per heavy atom. The Labute approximate surface area is 123 Å². The number of nitrogens with one attached hydrogen (secondary N) is 2. The number of anilines is 1. The normalized spacial score (nSPS) is 11.3. The number of aromatic amines is 1. The zero-order chi connectivity index (χ0) is 14.9. The summed E-state index contributed by atoms with van der Waals surface area (Å²) in [5.41, 5.74) is -0.733. The van der Waals surface area contributed by atoms with Gasteiger partial charge in [0.2, 0.25) is 0 Å². The second-order valence-electron chi connectivity index (χ2n) is 3.61. The van der Waals surface area contributed by atoms with Crippen molar-refractivity contribution in [1.82, 2.24) is 9.97 Å². The third-order valence-electron chi connectivity index (χ3n) is 2.32. The van der Waals surface area contributed by atoms with Crippen molar-refractivity contribution in [2.24, 2.45) is 0 Å². The third kappa shape index (κ3) is 2.72. The maximum Gasteiger partial charge on any atom is 0.339 e. The zero-order valence-electron chi connectivity index (χ0n) is 9.59. The summed E-state index contributed by atoms with van der Waals surface area (Å²) in [5.74, 6) is -1.40. The van der Waals surface area contributed by atoms with Crippen molar-refractivity contribution in [3.8, 4) is 0 Å². The quantitative estimate of drug-likeness (QED) is 0.792. The summed E-state index contributed by atoms with van der Waals surface area (Å²) < 4.78 is 26.1. The van der Waals surface area contributed by atoms with E-state index < -0.39 is 21.6 Å². The van der Waals surface area contributed by atoms with Gasteiger partial charge in [0, 0.05) is 0 Å². The van der Waals surface area contributed by atoms with Gasteiger partial charge in [-0.1, -0.05) is 23.2 Å². The Morgan fingerprint density at radius 3 is 2.50 bits per heavy atom. The molecular weight excluding hydrogens is 329 g/mol. The van der Waals surface area contributed by atoms with Gasteiger partial charge in [-0.3, -0.25) is 4.72 Å². The molecule has 1 aromatic carbocycles. The van der Waals surface area contributed by atoms with Gasteiger partial charge in [-0.05, 0) is 12.1 Å². The second-order valence-corrected chi connectivity index (χ2v) is 6.07. The van der Waals surface area contributed by atoms with E-state index in [2.05, 4.69) is 14.7 Å². The predicted octanol–water partition coefficient (Wildman–Crippen LogP) is 2.22. The lowest BCUT2D eigenvalue weighted by Crippen LogP contribution is -2.16. The number of carboxylic acid groups (broad SMARTS) is 1. The summed E-state index contributed by atoms with van der Waals surface area (Å²) in [4.78, 5) is 17.1. The molecule has 0 spiro atoms. The lowest BCUT2D eigenvalue weighted by Gasteiger charge is -2.12. The number of sulfonamides is 1. The van der Waals surface area contributed by atoms with Crippen molar-refractivity contribution in [3.63, 3.8) is 0 Å². The molecule has 0 saturated carbocycles. The fourth-order valence-electron chi connectivity index (χ4n) is 1.44. The first-order valence-electron chi connectivity index (χ1n) is 5.05. The number of nitrogens with zero attached hydrogens (tertiary/aromatic N) is 1. The van der Waals surface area contributed by atoms with E-state index in [9.17, 15) is 13.2 Å². The number of aromatic nitrogens is 2. The molecule has 3 N–H and O–H groups in total. The molecule has 0 aliphatic carbocycles. The number of H-pyrrole nitrogens is 1. The molecule has 2 rings (SSSR count). The number of carboxylic acids is 1. The molecule has 2 aromatic rings. The van der Waals surface area contributed by atoms with E-state index in [4.69, 9.17) is 28.3 Å². The van der Waals surface area contributed by atoms with Crippen molar-refractivity contribution in [2.75, 3.05) is 4.72 Å². The van der Waals surface area contributed by atoms with Crippen molar-refractivity contribution >= 4 is 44.9 Å². The molecule has 0 radical (unpaired) electrons. The molecule has 0 fully saturated rings. The van der Waals surface area contributed by atoms with E-state index in [1.165, 1.54) is 18.5 Å². The van der Waals surface area contributed by atoms with Gasteiger partial charge in [0.15, 0.2) is 5.03 Å².